The number of para-hydroxylation sites is 1. The lowest BCUT2D eigenvalue weighted by molar-refractivity contribution is -0.169. The zero-order valence-corrected chi connectivity index (χ0v) is 8.62. The van der Waals surface area contributed by atoms with Gasteiger partial charge in [-0.15, -0.1) is 0 Å². The van der Waals surface area contributed by atoms with Crippen LogP contribution in [0.15, 0.2) is 24.3 Å². The van der Waals surface area contributed by atoms with Gasteiger partial charge in [-0.3, -0.25) is 0 Å². The van der Waals surface area contributed by atoms with Crippen LogP contribution in [-0.2, 0) is 11.2 Å². The standard InChI is InChI=1S/C12H15O2/c1-9-8-10-6-4-5-7-11(10)14-12(2,3)13-9/h4-7,9H,1,8H2,2-3H3. The van der Waals surface area contributed by atoms with Crippen molar-refractivity contribution >= 4 is 0 Å². The number of benzene rings is 1. The van der Waals surface area contributed by atoms with Gasteiger partial charge in [-0.05, 0) is 18.6 Å². The van der Waals surface area contributed by atoms with Crippen molar-refractivity contribution in [2.45, 2.75) is 32.2 Å². The van der Waals surface area contributed by atoms with E-state index in [9.17, 15) is 0 Å². The number of hydrogen-bond donors (Lipinski definition) is 0. The molecule has 2 rings (SSSR count). The molecule has 0 aromatic heterocycles. The maximum absolute atomic E-state index is 5.75. The average Bonchev–Trinajstić information content (AvgIpc) is 2.16. The number of hydrogen-bond acceptors (Lipinski definition) is 2. The third-order valence-electron chi connectivity index (χ3n) is 2.23. The highest BCUT2D eigenvalue weighted by Crippen LogP contribution is 2.29. The minimum absolute atomic E-state index is 0.0475. The van der Waals surface area contributed by atoms with E-state index in [0.717, 1.165) is 17.7 Å². The van der Waals surface area contributed by atoms with E-state index >= 15 is 0 Å². The largest absolute Gasteiger partial charge is 0.463 e. The predicted molar refractivity (Wildman–Crippen MR) is 55.1 cm³/mol. The Morgan fingerprint density at radius 3 is 2.86 bits per heavy atom. The van der Waals surface area contributed by atoms with Gasteiger partial charge in [0, 0.05) is 20.3 Å². The van der Waals surface area contributed by atoms with Crippen LogP contribution in [0.2, 0.25) is 0 Å². The smallest absolute Gasteiger partial charge is 0.205 e. The van der Waals surface area contributed by atoms with E-state index in [1.54, 1.807) is 0 Å². The zero-order valence-electron chi connectivity index (χ0n) is 8.62. The summed E-state index contributed by atoms with van der Waals surface area (Å²) >= 11 is 0. The summed E-state index contributed by atoms with van der Waals surface area (Å²) in [6, 6.07) is 8.00. The van der Waals surface area contributed by atoms with Crippen molar-refractivity contribution in [3.05, 3.63) is 36.8 Å². The molecule has 75 valence electrons. The Kier molecular flexibility index (Phi) is 2.23. The van der Waals surface area contributed by atoms with Crippen molar-refractivity contribution in [1.82, 2.24) is 0 Å². The normalized spacial score (nSPS) is 24.6. The first-order valence-corrected chi connectivity index (χ1v) is 4.85. The lowest BCUT2D eigenvalue weighted by atomic mass is 10.1. The van der Waals surface area contributed by atoms with Gasteiger partial charge >= 0.3 is 0 Å². The molecule has 1 aromatic rings. The average molecular weight is 191 g/mol. The molecule has 0 N–H and O–H groups in total. The van der Waals surface area contributed by atoms with E-state index in [1.165, 1.54) is 0 Å². The van der Waals surface area contributed by atoms with Crippen molar-refractivity contribution in [2.75, 3.05) is 0 Å². The molecule has 0 saturated carbocycles. The molecule has 1 aromatic carbocycles. The van der Waals surface area contributed by atoms with Gasteiger partial charge in [0.15, 0.2) is 0 Å². The third kappa shape index (κ3) is 1.90. The van der Waals surface area contributed by atoms with Gasteiger partial charge in [-0.2, -0.15) is 0 Å². The zero-order chi connectivity index (χ0) is 10.2. The van der Waals surface area contributed by atoms with E-state index in [4.69, 9.17) is 9.47 Å². The summed E-state index contributed by atoms with van der Waals surface area (Å²) in [6.45, 7) is 7.77. The highest BCUT2D eigenvalue weighted by molar-refractivity contribution is 5.34. The summed E-state index contributed by atoms with van der Waals surface area (Å²) in [5.41, 5.74) is 1.16. The van der Waals surface area contributed by atoms with Crippen LogP contribution in [0.5, 0.6) is 5.75 Å². The number of rotatable bonds is 0. The minimum Gasteiger partial charge on any atom is -0.463 e. The highest BCUT2D eigenvalue weighted by atomic mass is 16.7. The van der Waals surface area contributed by atoms with Gasteiger partial charge in [-0.1, -0.05) is 18.2 Å². The fourth-order valence-electron chi connectivity index (χ4n) is 1.75. The van der Waals surface area contributed by atoms with Gasteiger partial charge in [0.05, 0.1) is 6.10 Å². The number of fused-ring (bicyclic) bond motifs is 1. The molecule has 2 heteroatoms. The topological polar surface area (TPSA) is 18.5 Å². The Labute approximate surface area is 84.8 Å². The molecule has 1 unspecified atom stereocenters. The number of ether oxygens (including phenoxy) is 2. The molecular formula is C12H15O2. The van der Waals surface area contributed by atoms with Crippen molar-refractivity contribution < 1.29 is 9.47 Å². The Hall–Kier alpha value is -1.02. The van der Waals surface area contributed by atoms with Gasteiger partial charge < -0.3 is 9.47 Å². The molecule has 0 amide bonds. The molecule has 14 heavy (non-hydrogen) atoms. The van der Waals surface area contributed by atoms with Crippen LogP contribution in [0.3, 0.4) is 0 Å². The summed E-state index contributed by atoms with van der Waals surface area (Å²) < 4.78 is 11.4. The van der Waals surface area contributed by atoms with Crippen molar-refractivity contribution in [2.24, 2.45) is 0 Å². The summed E-state index contributed by atoms with van der Waals surface area (Å²) in [6.07, 6.45) is 0.758. The fourth-order valence-corrected chi connectivity index (χ4v) is 1.75. The van der Waals surface area contributed by atoms with Gasteiger partial charge in [-0.25, -0.2) is 0 Å². The van der Waals surface area contributed by atoms with E-state index in [-0.39, 0.29) is 6.10 Å². The molecule has 0 aliphatic carbocycles. The molecule has 0 saturated heterocycles. The first kappa shape index (κ1) is 9.53. The summed E-state index contributed by atoms with van der Waals surface area (Å²) in [5, 5.41) is 0. The third-order valence-corrected chi connectivity index (χ3v) is 2.23. The molecule has 2 nitrogen and oxygen atoms in total. The molecular weight excluding hydrogens is 176 g/mol. The first-order valence-electron chi connectivity index (χ1n) is 4.85. The van der Waals surface area contributed by atoms with Crippen molar-refractivity contribution in [3.63, 3.8) is 0 Å². The summed E-state index contributed by atoms with van der Waals surface area (Å²) in [7, 11) is 0. The highest BCUT2D eigenvalue weighted by Gasteiger charge is 2.28. The Morgan fingerprint density at radius 1 is 1.36 bits per heavy atom. The monoisotopic (exact) mass is 191 g/mol. The summed E-state index contributed by atoms with van der Waals surface area (Å²) in [4.78, 5) is 0. The van der Waals surface area contributed by atoms with Crippen LogP contribution in [-0.4, -0.2) is 11.9 Å². The van der Waals surface area contributed by atoms with Gasteiger partial charge in [0.1, 0.15) is 5.75 Å². The van der Waals surface area contributed by atoms with Crippen LogP contribution in [0, 0.1) is 6.92 Å². The van der Waals surface area contributed by atoms with Crippen LogP contribution < -0.4 is 4.74 Å². The SMILES string of the molecule is [CH2]C1Cc2ccccc2OC(C)(C)O1. The second-order valence-corrected chi connectivity index (χ2v) is 4.05. The van der Waals surface area contributed by atoms with E-state index < -0.39 is 5.79 Å². The maximum atomic E-state index is 5.75. The second kappa shape index (κ2) is 3.28. The molecule has 0 bridgehead atoms. The maximum Gasteiger partial charge on any atom is 0.205 e. The Morgan fingerprint density at radius 2 is 2.07 bits per heavy atom. The summed E-state index contributed by atoms with van der Waals surface area (Å²) in [5.74, 6) is 0.322. The van der Waals surface area contributed by atoms with Crippen LogP contribution >= 0.6 is 0 Å². The fraction of sp³-hybridized carbons (Fsp3) is 0.417. The van der Waals surface area contributed by atoms with Crippen molar-refractivity contribution in [1.29, 1.82) is 0 Å². The van der Waals surface area contributed by atoms with Gasteiger partial charge in [0.2, 0.25) is 5.79 Å². The Balaban J connectivity index is 2.37. The first-order chi connectivity index (χ1) is 6.57. The molecule has 1 atom stereocenters. The Bertz CT molecular complexity index is 331. The molecule has 1 radical (unpaired) electrons. The predicted octanol–water partition coefficient (Wildman–Crippen LogP) is 2.58. The molecule has 0 spiro atoms. The lowest BCUT2D eigenvalue weighted by Crippen LogP contribution is -2.34. The van der Waals surface area contributed by atoms with Gasteiger partial charge in [0.25, 0.3) is 0 Å². The van der Waals surface area contributed by atoms with Crippen LogP contribution in [0.1, 0.15) is 19.4 Å². The van der Waals surface area contributed by atoms with Crippen molar-refractivity contribution in [3.8, 4) is 5.75 Å². The minimum atomic E-state index is -0.584. The molecule has 1 aliphatic rings. The molecule has 0 fully saturated rings. The molecule has 1 heterocycles. The molecule has 1 aliphatic heterocycles. The van der Waals surface area contributed by atoms with Crippen LogP contribution in [0.25, 0.3) is 0 Å². The lowest BCUT2D eigenvalue weighted by Gasteiger charge is -2.26. The van der Waals surface area contributed by atoms with Crippen LogP contribution in [0.4, 0.5) is 0 Å². The van der Waals surface area contributed by atoms with E-state index in [2.05, 4.69) is 13.0 Å². The van der Waals surface area contributed by atoms with E-state index in [1.807, 2.05) is 32.0 Å². The van der Waals surface area contributed by atoms with E-state index in [0.29, 0.717) is 0 Å². The second-order valence-electron chi connectivity index (χ2n) is 4.05. The quantitative estimate of drug-likeness (QED) is 0.627.